The Morgan fingerprint density at radius 3 is 2.75 bits per heavy atom. The summed E-state index contributed by atoms with van der Waals surface area (Å²) in [5.41, 5.74) is 4.02. The zero-order valence-corrected chi connectivity index (χ0v) is 15.9. The lowest BCUT2D eigenvalue weighted by Gasteiger charge is -2.10. The van der Waals surface area contributed by atoms with Crippen molar-refractivity contribution in [2.45, 2.75) is 13.5 Å². The van der Waals surface area contributed by atoms with Gasteiger partial charge in [-0.1, -0.05) is 17.7 Å². The smallest absolute Gasteiger partial charge is 0.270 e. The molecule has 0 radical (unpaired) electrons. The summed E-state index contributed by atoms with van der Waals surface area (Å²) in [5, 5.41) is 6.82. The number of anilines is 2. The second-order valence-electron chi connectivity index (χ2n) is 6.39. The van der Waals surface area contributed by atoms with E-state index in [4.69, 9.17) is 21.1 Å². The lowest BCUT2D eigenvalue weighted by molar-refractivity contribution is 0.0946. The summed E-state index contributed by atoms with van der Waals surface area (Å²) in [5.74, 6) is 1.17. The topological polar surface area (TPSA) is 72.5 Å². The van der Waals surface area contributed by atoms with Gasteiger partial charge in [0.15, 0.2) is 11.5 Å². The van der Waals surface area contributed by atoms with E-state index < -0.39 is 0 Å². The van der Waals surface area contributed by atoms with E-state index in [0.717, 1.165) is 28.3 Å². The molecule has 2 aromatic carbocycles. The minimum Gasteiger partial charge on any atom is -0.454 e. The third-order valence-electron chi connectivity index (χ3n) is 4.35. The molecule has 1 aromatic heterocycles. The van der Waals surface area contributed by atoms with Gasteiger partial charge in [0.05, 0.1) is 11.9 Å². The number of halogens is 1. The third-order valence-corrected chi connectivity index (χ3v) is 4.59. The molecule has 0 saturated carbocycles. The number of nitrogens with one attached hydrogen (secondary N) is 2. The fourth-order valence-electron chi connectivity index (χ4n) is 2.85. The zero-order chi connectivity index (χ0) is 19.5. The Labute approximate surface area is 167 Å². The molecule has 4 rings (SSSR count). The first-order chi connectivity index (χ1) is 13.6. The van der Waals surface area contributed by atoms with E-state index in [1.807, 2.05) is 49.4 Å². The van der Waals surface area contributed by atoms with Crippen LogP contribution in [0, 0.1) is 6.92 Å². The number of hydrogen-bond donors (Lipinski definition) is 2. The molecule has 142 valence electrons. The summed E-state index contributed by atoms with van der Waals surface area (Å²) in [6.45, 7) is 2.58. The number of amides is 1. The van der Waals surface area contributed by atoms with E-state index in [9.17, 15) is 4.79 Å². The molecule has 0 bridgehead atoms. The molecule has 0 unspecified atom stereocenters. The number of nitrogens with zero attached hydrogens (tertiary/aromatic N) is 1. The maximum atomic E-state index is 12.3. The summed E-state index contributed by atoms with van der Waals surface area (Å²) >= 11 is 5.98. The van der Waals surface area contributed by atoms with Crippen LogP contribution in [0.5, 0.6) is 11.5 Å². The van der Waals surface area contributed by atoms with Gasteiger partial charge in [-0.3, -0.25) is 4.79 Å². The Morgan fingerprint density at radius 1 is 1.11 bits per heavy atom. The SMILES string of the molecule is Cc1cc(Cl)ccc1Nc1ccc(C(=O)NCc2ccc3c(c2)OCO3)nc1. The van der Waals surface area contributed by atoms with Crippen LogP contribution in [-0.4, -0.2) is 17.7 Å². The van der Waals surface area contributed by atoms with Crippen LogP contribution in [0.2, 0.25) is 5.02 Å². The van der Waals surface area contributed by atoms with E-state index in [2.05, 4.69) is 15.6 Å². The number of pyridine rings is 1. The number of ether oxygens (including phenoxy) is 2. The van der Waals surface area contributed by atoms with Crippen molar-refractivity contribution in [2.75, 3.05) is 12.1 Å². The molecular formula is C21H18ClN3O3. The molecule has 0 saturated heterocycles. The number of fused-ring (bicyclic) bond motifs is 1. The van der Waals surface area contributed by atoms with Crippen molar-refractivity contribution in [3.8, 4) is 11.5 Å². The van der Waals surface area contributed by atoms with Crippen LogP contribution >= 0.6 is 11.6 Å². The lowest BCUT2D eigenvalue weighted by Crippen LogP contribution is -2.23. The first-order valence-electron chi connectivity index (χ1n) is 8.74. The molecular weight excluding hydrogens is 378 g/mol. The number of hydrogen-bond acceptors (Lipinski definition) is 5. The molecule has 0 atom stereocenters. The molecule has 2 heterocycles. The molecule has 2 N–H and O–H groups in total. The van der Waals surface area contributed by atoms with Crippen LogP contribution in [-0.2, 0) is 6.54 Å². The van der Waals surface area contributed by atoms with Gasteiger partial charge >= 0.3 is 0 Å². The van der Waals surface area contributed by atoms with Gasteiger partial charge in [-0.2, -0.15) is 0 Å². The van der Waals surface area contributed by atoms with Crippen molar-refractivity contribution in [1.82, 2.24) is 10.3 Å². The van der Waals surface area contributed by atoms with Crippen LogP contribution in [0.1, 0.15) is 21.6 Å². The summed E-state index contributed by atoms with van der Waals surface area (Å²) in [4.78, 5) is 16.6. The summed E-state index contributed by atoms with van der Waals surface area (Å²) in [6.07, 6.45) is 1.63. The Morgan fingerprint density at radius 2 is 1.96 bits per heavy atom. The van der Waals surface area contributed by atoms with Crippen molar-refractivity contribution in [2.24, 2.45) is 0 Å². The highest BCUT2D eigenvalue weighted by molar-refractivity contribution is 6.30. The van der Waals surface area contributed by atoms with E-state index >= 15 is 0 Å². The summed E-state index contributed by atoms with van der Waals surface area (Å²) in [6, 6.07) is 14.7. The summed E-state index contributed by atoms with van der Waals surface area (Å²) < 4.78 is 10.6. The van der Waals surface area contributed by atoms with Gasteiger partial charge in [-0.15, -0.1) is 0 Å². The monoisotopic (exact) mass is 395 g/mol. The van der Waals surface area contributed by atoms with Crippen molar-refractivity contribution in [3.05, 3.63) is 76.6 Å². The van der Waals surface area contributed by atoms with Gasteiger partial charge in [0.25, 0.3) is 5.91 Å². The third kappa shape index (κ3) is 4.02. The van der Waals surface area contributed by atoms with Crippen LogP contribution < -0.4 is 20.1 Å². The minimum absolute atomic E-state index is 0.227. The van der Waals surface area contributed by atoms with Crippen molar-refractivity contribution < 1.29 is 14.3 Å². The molecule has 3 aromatic rings. The number of carbonyl (C=O) groups is 1. The largest absolute Gasteiger partial charge is 0.454 e. The highest BCUT2D eigenvalue weighted by Crippen LogP contribution is 2.32. The average molecular weight is 396 g/mol. The van der Waals surface area contributed by atoms with E-state index in [0.29, 0.717) is 23.0 Å². The molecule has 0 spiro atoms. The van der Waals surface area contributed by atoms with Crippen molar-refractivity contribution >= 4 is 28.9 Å². The Kier molecular flexibility index (Phi) is 5.04. The molecule has 6 nitrogen and oxygen atoms in total. The van der Waals surface area contributed by atoms with Crippen LogP contribution in [0.15, 0.2) is 54.7 Å². The van der Waals surface area contributed by atoms with Crippen molar-refractivity contribution in [1.29, 1.82) is 0 Å². The zero-order valence-electron chi connectivity index (χ0n) is 15.2. The molecule has 0 aliphatic carbocycles. The van der Waals surface area contributed by atoms with E-state index in [-0.39, 0.29) is 12.7 Å². The van der Waals surface area contributed by atoms with Gasteiger partial charge < -0.3 is 20.1 Å². The quantitative estimate of drug-likeness (QED) is 0.668. The lowest BCUT2D eigenvalue weighted by atomic mass is 10.2. The van der Waals surface area contributed by atoms with Gasteiger partial charge in [-0.25, -0.2) is 4.98 Å². The molecule has 28 heavy (non-hydrogen) atoms. The standard InChI is InChI=1S/C21H18ClN3O3/c1-13-8-15(22)3-5-17(13)25-16-4-6-18(23-11-16)21(26)24-10-14-2-7-19-20(9-14)28-12-27-19/h2-9,11,25H,10,12H2,1H3,(H,24,26). The number of aromatic nitrogens is 1. The predicted octanol–water partition coefficient (Wildman–Crippen LogP) is 4.45. The minimum atomic E-state index is -0.244. The number of aryl methyl sites for hydroxylation is 1. The summed E-state index contributed by atoms with van der Waals surface area (Å²) in [7, 11) is 0. The second-order valence-corrected chi connectivity index (χ2v) is 6.82. The van der Waals surface area contributed by atoms with Crippen molar-refractivity contribution in [3.63, 3.8) is 0 Å². The fraction of sp³-hybridized carbons (Fsp3) is 0.143. The fourth-order valence-corrected chi connectivity index (χ4v) is 3.08. The highest BCUT2D eigenvalue weighted by atomic mass is 35.5. The Balaban J connectivity index is 1.37. The highest BCUT2D eigenvalue weighted by Gasteiger charge is 2.14. The maximum absolute atomic E-state index is 12.3. The van der Waals surface area contributed by atoms with Gasteiger partial charge in [0.1, 0.15) is 5.69 Å². The van der Waals surface area contributed by atoms with E-state index in [1.165, 1.54) is 0 Å². The van der Waals surface area contributed by atoms with Crippen LogP contribution in [0.25, 0.3) is 0 Å². The molecule has 1 aliphatic heterocycles. The number of rotatable bonds is 5. The molecule has 0 fully saturated rings. The number of carbonyl (C=O) groups excluding carboxylic acids is 1. The van der Waals surface area contributed by atoms with Gasteiger partial charge in [0.2, 0.25) is 6.79 Å². The van der Waals surface area contributed by atoms with Crippen LogP contribution in [0.3, 0.4) is 0 Å². The van der Waals surface area contributed by atoms with Gasteiger partial charge in [0, 0.05) is 17.3 Å². The molecule has 1 aliphatic rings. The second kappa shape index (κ2) is 7.78. The average Bonchev–Trinajstić information content (AvgIpc) is 3.17. The van der Waals surface area contributed by atoms with Crippen LogP contribution in [0.4, 0.5) is 11.4 Å². The first-order valence-corrected chi connectivity index (χ1v) is 9.12. The predicted molar refractivity (Wildman–Crippen MR) is 107 cm³/mol. The van der Waals surface area contributed by atoms with E-state index in [1.54, 1.807) is 12.3 Å². The normalized spacial score (nSPS) is 11.9. The first kappa shape index (κ1) is 18.1. The molecule has 1 amide bonds. The Bertz CT molecular complexity index is 1020. The Hall–Kier alpha value is -3.25. The van der Waals surface area contributed by atoms with Gasteiger partial charge in [-0.05, 0) is 60.5 Å². The number of benzene rings is 2. The molecule has 7 heteroatoms. The maximum Gasteiger partial charge on any atom is 0.270 e.